The van der Waals surface area contributed by atoms with E-state index in [1.54, 1.807) is 26.0 Å². The van der Waals surface area contributed by atoms with Crippen molar-refractivity contribution in [1.29, 1.82) is 5.26 Å². The highest BCUT2D eigenvalue weighted by Crippen LogP contribution is 2.20. The molecule has 18 heavy (non-hydrogen) atoms. The lowest BCUT2D eigenvalue weighted by molar-refractivity contribution is -0.150. The summed E-state index contributed by atoms with van der Waals surface area (Å²) in [6.07, 6.45) is 5.69. The Kier molecular flexibility index (Phi) is 4.86. The molecule has 0 saturated heterocycles. The minimum Gasteiger partial charge on any atom is -0.462 e. The van der Waals surface area contributed by atoms with Crippen molar-refractivity contribution in [2.24, 2.45) is 11.8 Å². The zero-order valence-corrected chi connectivity index (χ0v) is 10.8. The molecule has 0 radical (unpaired) electrons. The molecule has 0 heterocycles. The lowest BCUT2D eigenvalue weighted by Crippen LogP contribution is -2.31. The second-order valence-corrected chi connectivity index (χ2v) is 4.94. The van der Waals surface area contributed by atoms with Crippen LogP contribution in [-0.2, 0) is 19.8 Å². The molecule has 0 spiro atoms. The molecule has 0 amide bonds. The van der Waals surface area contributed by atoms with Crippen molar-refractivity contribution < 1.29 is 17.9 Å². The predicted octanol–water partition coefficient (Wildman–Crippen LogP) is 0.871. The van der Waals surface area contributed by atoms with Crippen LogP contribution in [0.25, 0.3) is 0 Å². The highest BCUT2D eigenvalue weighted by Gasteiger charge is 2.32. The van der Waals surface area contributed by atoms with Crippen LogP contribution in [-0.4, -0.2) is 25.4 Å². The number of nitriles is 1. The summed E-state index contributed by atoms with van der Waals surface area (Å²) in [7, 11) is -2.46. The Morgan fingerprint density at radius 3 is 2.61 bits per heavy atom. The van der Waals surface area contributed by atoms with Gasteiger partial charge in [-0.1, -0.05) is 18.2 Å². The van der Waals surface area contributed by atoms with E-state index in [0.29, 0.717) is 0 Å². The van der Waals surface area contributed by atoms with E-state index in [4.69, 9.17) is 10.00 Å². The van der Waals surface area contributed by atoms with Gasteiger partial charge in [-0.2, -0.15) is 13.7 Å². The Bertz CT molecular complexity index is 555. The number of hydrogen-bond acceptors (Lipinski definition) is 5. The van der Waals surface area contributed by atoms with Crippen LogP contribution in [0.4, 0.5) is 0 Å². The van der Waals surface area contributed by atoms with Crippen molar-refractivity contribution in [3.05, 3.63) is 24.3 Å². The van der Waals surface area contributed by atoms with Crippen molar-refractivity contribution in [2.45, 2.75) is 20.0 Å². The number of rotatable bonds is 3. The van der Waals surface area contributed by atoms with E-state index in [-0.39, 0.29) is 11.0 Å². The van der Waals surface area contributed by atoms with Gasteiger partial charge in [0.2, 0.25) is 10.3 Å². The maximum atomic E-state index is 11.7. The van der Waals surface area contributed by atoms with Gasteiger partial charge < -0.3 is 4.74 Å². The molecular weight excluding hydrogens is 254 g/mol. The molecule has 0 aromatic heterocycles. The van der Waals surface area contributed by atoms with Crippen LogP contribution in [0.1, 0.15) is 13.8 Å². The summed E-state index contributed by atoms with van der Waals surface area (Å²) >= 11 is 0. The highest BCUT2D eigenvalue weighted by molar-refractivity contribution is 7.73. The van der Waals surface area contributed by atoms with Gasteiger partial charge in [0.25, 0.3) is 0 Å². The van der Waals surface area contributed by atoms with Gasteiger partial charge in [0.1, 0.15) is 0 Å². The number of ether oxygens (including phenoxy) is 1. The fourth-order valence-electron chi connectivity index (χ4n) is 1.57. The van der Waals surface area contributed by atoms with E-state index in [1.807, 2.05) is 6.07 Å². The van der Waals surface area contributed by atoms with Crippen LogP contribution in [0.5, 0.6) is 0 Å². The van der Waals surface area contributed by atoms with E-state index >= 15 is 0 Å². The number of allylic oxidation sites excluding steroid dienone is 4. The standard InChI is InChI=1S/C12H13NO4S/c1-8(2)17-12(14)10(7-13)9-5-3-4-6-11(9)18(15)16/h3-6,8-10H,1-2H3. The molecule has 0 aromatic rings. The molecule has 0 N–H and O–H groups in total. The second-order valence-electron chi connectivity index (χ2n) is 4.00. The molecule has 1 rings (SSSR count). The van der Waals surface area contributed by atoms with Crippen molar-refractivity contribution in [3.8, 4) is 6.07 Å². The summed E-state index contributed by atoms with van der Waals surface area (Å²) in [5, 5.41) is 9.04. The maximum Gasteiger partial charge on any atom is 0.324 e. The summed E-state index contributed by atoms with van der Waals surface area (Å²) in [5.74, 6) is -2.65. The van der Waals surface area contributed by atoms with E-state index < -0.39 is 28.1 Å². The second kappa shape index (κ2) is 6.17. The van der Waals surface area contributed by atoms with E-state index in [0.717, 1.165) is 0 Å². The van der Waals surface area contributed by atoms with Crippen LogP contribution in [0.3, 0.4) is 0 Å². The molecule has 6 heteroatoms. The van der Waals surface area contributed by atoms with Crippen LogP contribution in [0.2, 0.25) is 0 Å². The summed E-state index contributed by atoms with van der Waals surface area (Å²) < 4.78 is 27.0. The lowest BCUT2D eigenvalue weighted by atomic mass is 9.88. The van der Waals surface area contributed by atoms with Crippen LogP contribution < -0.4 is 0 Å². The molecular formula is C12H13NO4S. The number of carbonyl (C=O) groups excluding carboxylic acids is 1. The average molecular weight is 267 g/mol. The molecule has 0 fully saturated rings. The van der Waals surface area contributed by atoms with E-state index in [2.05, 4.69) is 0 Å². The molecule has 0 saturated carbocycles. The molecule has 1 aliphatic carbocycles. The fraction of sp³-hybridized carbons (Fsp3) is 0.417. The van der Waals surface area contributed by atoms with Gasteiger partial charge in [-0.3, -0.25) is 4.79 Å². The first kappa shape index (κ1) is 14.2. The van der Waals surface area contributed by atoms with E-state index in [9.17, 15) is 13.2 Å². The third kappa shape index (κ3) is 3.31. The fourth-order valence-corrected chi connectivity index (χ4v) is 2.19. The van der Waals surface area contributed by atoms with E-state index in [1.165, 1.54) is 12.2 Å². The summed E-state index contributed by atoms with van der Waals surface area (Å²) in [6, 6.07) is 1.81. The quantitative estimate of drug-likeness (QED) is 0.559. The van der Waals surface area contributed by atoms with Gasteiger partial charge in [-0.25, -0.2) is 0 Å². The molecule has 0 aromatic carbocycles. The molecule has 1 aliphatic rings. The maximum absolute atomic E-state index is 11.7. The van der Waals surface area contributed by atoms with Crippen LogP contribution in [0.15, 0.2) is 24.3 Å². The van der Waals surface area contributed by atoms with Gasteiger partial charge >= 0.3 is 5.97 Å². The third-order valence-corrected chi connectivity index (χ3v) is 3.11. The molecule has 2 atom stereocenters. The van der Waals surface area contributed by atoms with Gasteiger partial charge in [-0.15, -0.1) is 0 Å². The number of hydrogen-bond donors (Lipinski definition) is 0. The molecule has 5 nitrogen and oxygen atoms in total. The first-order valence-electron chi connectivity index (χ1n) is 5.38. The molecule has 0 bridgehead atoms. The predicted molar refractivity (Wildman–Crippen MR) is 66.0 cm³/mol. The Morgan fingerprint density at radius 2 is 2.11 bits per heavy atom. The number of esters is 1. The normalized spacial score (nSPS) is 19.4. The largest absolute Gasteiger partial charge is 0.462 e. The van der Waals surface area contributed by atoms with Crippen molar-refractivity contribution in [1.82, 2.24) is 0 Å². The minimum absolute atomic E-state index is 0.0183. The Balaban J connectivity index is 3.07. The first-order chi connectivity index (χ1) is 8.47. The van der Waals surface area contributed by atoms with Gasteiger partial charge in [0.15, 0.2) is 5.92 Å². The minimum atomic E-state index is -2.46. The third-order valence-electron chi connectivity index (χ3n) is 2.32. The average Bonchev–Trinajstić information content (AvgIpc) is 2.29. The monoisotopic (exact) mass is 267 g/mol. The zero-order valence-electron chi connectivity index (χ0n) is 10.0. The number of nitrogens with zero attached hydrogens (tertiary/aromatic N) is 1. The van der Waals surface area contributed by atoms with Crippen molar-refractivity contribution >= 4 is 21.1 Å². The Morgan fingerprint density at radius 1 is 1.44 bits per heavy atom. The van der Waals surface area contributed by atoms with Crippen LogP contribution >= 0.6 is 0 Å². The lowest BCUT2D eigenvalue weighted by Gasteiger charge is -2.19. The summed E-state index contributed by atoms with van der Waals surface area (Å²) in [6.45, 7) is 3.33. The topological polar surface area (TPSA) is 84.2 Å². The molecule has 2 unspecified atom stereocenters. The summed E-state index contributed by atoms with van der Waals surface area (Å²) in [4.78, 5) is 11.8. The Labute approximate surface area is 107 Å². The molecule has 96 valence electrons. The SMILES string of the molecule is CC(C)OC(=O)C(C#N)C1C=CC=CC1=S(=O)=O. The van der Waals surface area contributed by atoms with Crippen LogP contribution in [0, 0.1) is 23.2 Å². The smallest absolute Gasteiger partial charge is 0.324 e. The summed E-state index contributed by atoms with van der Waals surface area (Å²) in [5.41, 5.74) is 0. The van der Waals surface area contributed by atoms with Gasteiger partial charge in [0.05, 0.1) is 17.0 Å². The molecule has 0 aliphatic heterocycles. The number of carbonyl (C=O) groups is 1. The van der Waals surface area contributed by atoms with Gasteiger partial charge in [0, 0.05) is 5.92 Å². The van der Waals surface area contributed by atoms with Crippen molar-refractivity contribution in [3.63, 3.8) is 0 Å². The first-order valence-corrected chi connectivity index (χ1v) is 6.46. The highest BCUT2D eigenvalue weighted by atomic mass is 32.2. The zero-order chi connectivity index (χ0) is 13.7. The Hall–Kier alpha value is -1.87. The van der Waals surface area contributed by atoms with Crippen molar-refractivity contribution in [2.75, 3.05) is 0 Å². The van der Waals surface area contributed by atoms with Gasteiger partial charge in [-0.05, 0) is 19.9 Å².